The van der Waals surface area contributed by atoms with Gasteiger partial charge in [0.05, 0.1) is 11.6 Å². The molecule has 0 saturated heterocycles. The Kier molecular flexibility index (Phi) is 5.19. The van der Waals surface area contributed by atoms with Crippen LogP contribution >= 0.6 is 23.2 Å². The van der Waals surface area contributed by atoms with Crippen molar-refractivity contribution < 1.29 is 4.74 Å². The first-order valence-corrected chi connectivity index (χ1v) is 5.00. The average Bonchev–Trinajstić information content (AvgIpc) is 2.19. The van der Waals surface area contributed by atoms with Crippen LogP contribution in [0.25, 0.3) is 0 Å². The maximum atomic E-state index is 5.94. The van der Waals surface area contributed by atoms with E-state index >= 15 is 0 Å². The summed E-state index contributed by atoms with van der Waals surface area (Å²) in [5.41, 5.74) is 0.947. The zero-order chi connectivity index (χ0) is 10.4. The predicted molar refractivity (Wildman–Crippen MR) is 57.8 cm³/mol. The van der Waals surface area contributed by atoms with Crippen LogP contribution in [0.1, 0.15) is 5.56 Å². The Morgan fingerprint density at radius 3 is 3.00 bits per heavy atom. The van der Waals surface area contributed by atoms with E-state index < -0.39 is 0 Å². The van der Waals surface area contributed by atoms with Crippen LogP contribution in [0.5, 0.6) is 0 Å². The van der Waals surface area contributed by atoms with Gasteiger partial charge in [-0.1, -0.05) is 23.2 Å². The molecule has 0 aromatic carbocycles. The normalized spacial score (nSPS) is 10.5. The first-order valence-electron chi connectivity index (χ1n) is 4.24. The van der Waals surface area contributed by atoms with Crippen molar-refractivity contribution in [3.05, 3.63) is 28.0 Å². The highest BCUT2D eigenvalue weighted by Gasteiger charge is 2.04. The number of rotatable bonds is 5. The SMILES string of the molecule is COCCNCc1ccnc(Cl)c1Cl. The molecule has 0 amide bonds. The van der Waals surface area contributed by atoms with Gasteiger partial charge in [-0.3, -0.25) is 0 Å². The molecule has 1 aromatic heterocycles. The van der Waals surface area contributed by atoms with Gasteiger partial charge in [0.1, 0.15) is 5.15 Å². The van der Waals surface area contributed by atoms with Crippen LogP contribution in [-0.4, -0.2) is 25.2 Å². The summed E-state index contributed by atoms with van der Waals surface area (Å²) in [6, 6.07) is 1.84. The highest BCUT2D eigenvalue weighted by atomic mass is 35.5. The summed E-state index contributed by atoms with van der Waals surface area (Å²) in [6.07, 6.45) is 1.64. The van der Waals surface area contributed by atoms with Crippen molar-refractivity contribution in [2.24, 2.45) is 0 Å². The molecule has 0 unspecified atom stereocenters. The maximum Gasteiger partial charge on any atom is 0.147 e. The molecular formula is C9H12Cl2N2O. The second-order valence-electron chi connectivity index (χ2n) is 2.74. The van der Waals surface area contributed by atoms with Gasteiger partial charge in [-0.15, -0.1) is 0 Å². The van der Waals surface area contributed by atoms with Gasteiger partial charge in [-0.05, 0) is 11.6 Å². The summed E-state index contributed by atoms with van der Waals surface area (Å²) in [6.45, 7) is 2.13. The minimum Gasteiger partial charge on any atom is -0.383 e. The summed E-state index contributed by atoms with van der Waals surface area (Å²) in [7, 11) is 1.66. The van der Waals surface area contributed by atoms with Gasteiger partial charge in [0, 0.05) is 26.4 Å². The van der Waals surface area contributed by atoms with Gasteiger partial charge < -0.3 is 10.1 Å². The molecule has 1 heterocycles. The van der Waals surface area contributed by atoms with Gasteiger partial charge in [0.25, 0.3) is 0 Å². The maximum absolute atomic E-state index is 5.94. The third-order valence-electron chi connectivity index (χ3n) is 1.73. The van der Waals surface area contributed by atoms with E-state index in [1.165, 1.54) is 0 Å². The standard InChI is InChI=1S/C9H12Cl2N2O/c1-14-5-4-12-6-7-2-3-13-9(11)8(7)10/h2-3,12H,4-6H2,1H3. The molecule has 0 aliphatic rings. The van der Waals surface area contributed by atoms with E-state index in [4.69, 9.17) is 27.9 Å². The quantitative estimate of drug-likeness (QED) is 0.627. The molecule has 1 N–H and O–H groups in total. The van der Waals surface area contributed by atoms with Crippen LogP contribution in [0, 0.1) is 0 Å². The van der Waals surface area contributed by atoms with Crippen molar-refractivity contribution in [1.29, 1.82) is 0 Å². The number of aromatic nitrogens is 1. The van der Waals surface area contributed by atoms with E-state index in [-0.39, 0.29) is 0 Å². The van der Waals surface area contributed by atoms with E-state index in [2.05, 4.69) is 10.3 Å². The molecule has 0 aliphatic carbocycles. The summed E-state index contributed by atoms with van der Waals surface area (Å²) in [4.78, 5) is 3.86. The number of pyridine rings is 1. The van der Waals surface area contributed by atoms with Gasteiger partial charge in [-0.2, -0.15) is 0 Å². The Hall–Kier alpha value is -0.350. The van der Waals surface area contributed by atoms with E-state index in [0.29, 0.717) is 23.3 Å². The first kappa shape index (κ1) is 11.7. The van der Waals surface area contributed by atoms with Crippen LogP contribution in [-0.2, 0) is 11.3 Å². The van der Waals surface area contributed by atoms with Gasteiger partial charge in [0.2, 0.25) is 0 Å². The summed E-state index contributed by atoms with van der Waals surface area (Å²) >= 11 is 11.7. The second kappa shape index (κ2) is 6.19. The largest absolute Gasteiger partial charge is 0.383 e. The molecule has 0 fully saturated rings. The molecule has 78 valence electrons. The molecule has 14 heavy (non-hydrogen) atoms. The lowest BCUT2D eigenvalue weighted by Gasteiger charge is -2.06. The molecule has 0 aliphatic heterocycles. The molecule has 3 nitrogen and oxygen atoms in total. The first-order chi connectivity index (χ1) is 6.75. The fraction of sp³-hybridized carbons (Fsp3) is 0.444. The van der Waals surface area contributed by atoms with E-state index in [1.54, 1.807) is 13.3 Å². The molecule has 5 heteroatoms. The second-order valence-corrected chi connectivity index (χ2v) is 3.48. The average molecular weight is 235 g/mol. The molecule has 0 saturated carbocycles. The fourth-order valence-electron chi connectivity index (χ4n) is 0.989. The van der Waals surface area contributed by atoms with Crippen molar-refractivity contribution >= 4 is 23.2 Å². The number of hydrogen-bond donors (Lipinski definition) is 1. The molecule has 1 aromatic rings. The minimum atomic E-state index is 0.345. The lowest BCUT2D eigenvalue weighted by atomic mass is 10.2. The van der Waals surface area contributed by atoms with Crippen molar-refractivity contribution in [3.8, 4) is 0 Å². The monoisotopic (exact) mass is 234 g/mol. The molecule has 0 atom stereocenters. The highest BCUT2D eigenvalue weighted by molar-refractivity contribution is 6.41. The Bertz CT molecular complexity index is 294. The number of hydrogen-bond acceptors (Lipinski definition) is 3. The number of nitrogens with one attached hydrogen (secondary N) is 1. The van der Waals surface area contributed by atoms with Crippen LogP contribution in [0.15, 0.2) is 12.3 Å². The molecular weight excluding hydrogens is 223 g/mol. The minimum absolute atomic E-state index is 0.345. The van der Waals surface area contributed by atoms with Crippen LogP contribution in [0.2, 0.25) is 10.2 Å². The predicted octanol–water partition coefficient (Wildman–Crippen LogP) is 2.12. The third-order valence-corrected chi connectivity index (χ3v) is 2.53. The van der Waals surface area contributed by atoms with E-state index in [1.807, 2.05) is 6.07 Å². The molecule has 0 radical (unpaired) electrons. The Balaban J connectivity index is 2.46. The summed E-state index contributed by atoms with van der Waals surface area (Å²) in [5, 5.41) is 4.03. The number of halogens is 2. The zero-order valence-corrected chi connectivity index (χ0v) is 9.40. The van der Waals surface area contributed by atoms with E-state index in [9.17, 15) is 0 Å². The van der Waals surface area contributed by atoms with Crippen LogP contribution in [0.4, 0.5) is 0 Å². The lowest BCUT2D eigenvalue weighted by Crippen LogP contribution is -2.18. The van der Waals surface area contributed by atoms with Crippen molar-refractivity contribution in [2.45, 2.75) is 6.54 Å². The van der Waals surface area contributed by atoms with E-state index in [0.717, 1.165) is 12.1 Å². The summed E-state index contributed by atoms with van der Waals surface area (Å²) < 4.78 is 4.90. The molecule has 1 rings (SSSR count). The van der Waals surface area contributed by atoms with Crippen LogP contribution < -0.4 is 5.32 Å². The van der Waals surface area contributed by atoms with Crippen molar-refractivity contribution in [2.75, 3.05) is 20.3 Å². The Morgan fingerprint density at radius 2 is 2.29 bits per heavy atom. The molecule has 0 bridgehead atoms. The number of nitrogens with zero attached hydrogens (tertiary/aromatic N) is 1. The van der Waals surface area contributed by atoms with Gasteiger partial charge in [0.15, 0.2) is 0 Å². The third kappa shape index (κ3) is 3.42. The smallest absolute Gasteiger partial charge is 0.147 e. The fourth-order valence-corrected chi connectivity index (χ4v) is 1.35. The molecule has 0 spiro atoms. The summed E-state index contributed by atoms with van der Waals surface area (Å²) in [5.74, 6) is 0. The number of methoxy groups -OCH3 is 1. The Morgan fingerprint density at radius 1 is 1.50 bits per heavy atom. The highest BCUT2D eigenvalue weighted by Crippen LogP contribution is 2.22. The van der Waals surface area contributed by atoms with Crippen molar-refractivity contribution in [1.82, 2.24) is 10.3 Å². The lowest BCUT2D eigenvalue weighted by molar-refractivity contribution is 0.199. The topological polar surface area (TPSA) is 34.1 Å². The van der Waals surface area contributed by atoms with Gasteiger partial charge in [-0.25, -0.2) is 4.98 Å². The Labute approximate surface area is 93.4 Å². The van der Waals surface area contributed by atoms with Crippen LogP contribution in [0.3, 0.4) is 0 Å². The zero-order valence-electron chi connectivity index (χ0n) is 7.89. The number of ether oxygens (including phenoxy) is 1. The van der Waals surface area contributed by atoms with Crippen molar-refractivity contribution in [3.63, 3.8) is 0 Å². The van der Waals surface area contributed by atoms with Gasteiger partial charge >= 0.3 is 0 Å².